The van der Waals surface area contributed by atoms with Crippen LogP contribution in [0, 0.1) is 11.3 Å². The fraction of sp³-hybridized carbons (Fsp3) is 0.400. The SMILES string of the molecule is N#Cc1cccnc1C1CC(F)(F)C1. The zero-order valence-corrected chi connectivity index (χ0v) is 7.37. The summed E-state index contributed by atoms with van der Waals surface area (Å²) in [5.74, 6) is -2.81. The zero-order chi connectivity index (χ0) is 10.2. The lowest BCUT2D eigenvalue weighted by Gasteiger charge is -2.34. The Morgan fingerprint density at radius 2 is 2.21 bits per heavy atom. The van der Waals surface area contributed by atoms with Crippen LogP contribution in [0.25, 0.3) is 0 Å². The van der Waals surface area contributed by atoms with Gasteiger partial charge in [-0.3, -0.25) is 4.98 Å². The molecule has 14 heavy (non-hydrogen) atoms. The predicted octanol–water partition coefficient (Wildman–Crippen LogP) is 2.47. The molecule has 1 aliphatic carbocycles. The first-order valence-electron chi connectivity index (χ1n) is 4.35. The van der Waals surface area contributed by atoms with Gasteiger partial charge in [0.1, 0.15) is 6.07 Å². The largest absolute Gasteiger partial charge is 0.260 e. The summed E-state index contributed by atoms with van der Waals surface area (Å²) in [7, 11) is 0. The van der Waals surface area contributed by atoms with Gasteiger partial charge < -0.3 is 0 Å². The van der Waals surface area contributed by atoms with E-state index in [1.807, 2.05) is 6.07 Å². The Kier molecular flexibility index (Phi) is 1.95. The van der Waals surface area contributed by atoms with Gasteiger partial charge in [0.15, 0.2) is 0 Å². The van der Waals surface area contributed by atoms with Crippen molar-refractivity contribution in [2.75, 3.05) is 0 Å². The maximum atomic E-state index is 12.6. The minimum Gasteiger partial charge on any atom is -0.260 e. The lowest BCUT2D eigenvalue weighted by Crippen LogP contribution is -2.34. The normalized spacial score (nSPS) is 19.8. The summed E-state index contributed by atoms with van der Waals surface area (Å²) in [6.07, 6.45) is 1.17. The average molecular weight is 194 g/mol. The van der Waals surface area contributed by atoms with Crippen molar-refractivity contribution in [3.05, 3.63) is 29.6 Å². The van der Waals surface area contributed by atoms with E-state index in [1.54, 1.807) is 12.1 Å². The lowest BCUT2D eigenvalue weighted by molar-refractivity contribution is -0.0876. The molecule has 2 rings (SSSR count). The predicted molar refractivity (Wildman–Crippen MR) is 45.9 cm³/mol. The summed E-state index contributed by atoms with van der Waals surface area (Å²) in [5, 5.41) is 8.74. The number of rotatable bonds is 1. The third-order valence-electron chi connectivity index (χ3n) is 2.44. The van der Waals surface area contributed by atoms with Crippen molar-refractivity contribution in [1.82, 2.24) is 4.98 Å². The maximum Gasteiger partial charge on any atom is 0.249 e. The second-order valence-electron chi connectivity index (χ2n) is 3.51. The number of alkyl halides is 2. The van der Waals surface area contributed by atoms with Crippen LogP contribution in [0.2, 0.25) is 0 Å². The number of halogens is 2. The monoisotopic (exact) mass is 194 g/mol. The Bertz CT molecular complexity index is 387. The highest BCUT2D eigenvalue weighted by molar-refractivity contribution is 5.36. The number of nitrogens with zero attached hydrogens (tertiary/aromatic N) is 2. The van der Waals surface area contributed by atoms with Crippen LogP contribution < -0.4 is 0 Å². The number of aromatic nitrogens is 1. The van der Waals surface area contributed by atoms with E-state index < -0.39 is 5.92 Å². The van der Waals surface area contributed by atoms with E-state index in [0.717, 1.165) is 0 Å². The Balaban J connectivity index is 2.23. The van der Waals surface area contributed by atoms with E-state index in [-0.39, 0.29) is 18.8 Å². The van der Waals surface area contributed by atoms with Crippen molar-refractivity contribution in [3.8, 4) is 6.07 Å². The molecule has 0 radical (unpaired) electrons. The molecule has 1 aromatic heterocycles. The van der Waals surface area contributed by atoms with Gasteiger partial charge in [-0.1, -0.05) is 0 Å². The zero-order valence-electron chi connectivity index (χ0n) is 7.37. The van der Waals surface area contributed by atoms with Gasteiger partial charge in [-0.2, -0.15) is 5.26 Å². The van der Waals surface area contributed by atoms with Crippen molar-refractivity contribution in [2.45, 2.75) is 24.7 Å². The van der Waals surface area contributed by atoms with Crippen LogP contribution in [-0.2, 0) is 0 Å². The van der Waals surface area contributed by atoms with E-state index in [4.69, 9.17) is 5.26 Å². The average Bonchev–Trinajstić information content (AvgIpc) is 2.14. The molecule has 0 spiro atoms. The van der Waals surface area contributed by atoms with Crippen molar-refractivity contribution >= 4 is 0 Å². The van der Waals surface area contributed by atoms with Gasteiger partial charge in [-0.15, -0.1) is 0 Å². The van der Waals surface area contributed by atoms with E-state index in [0.29, 0.717) is 11.3 Å². The minimum atomic E-state index is -2.56. The first-order chi connectivity index (χ1) is 6.62. The molecule has 72 valence electrons. The second-order valence-corrected chi connectivity index (χ2v) is 3.51. The molecule has 0 aliphatic heterocycles. The molecule has 1 aromatic rings. The van der Waals surface area contributed by atoms with Gasteiger partial charge in [0.05, 0.1) is 11.3 Å². The van der Waals surface area contributed by atoms with Crippen molar-refractivity contribution < 1.29 is 8.78 Å². The molecular weight excluding hydrogens is 186 g/mol. The maximum absolute atomic E-state index is 12.6. The molecule has 1 fully saturated rings. The molecule has 0 bridgehead atoms. The van der Waals surface area contributed by atoms with E-state index in [2.05, 4.69) is 4.98 Å². The van der Waals surface area contributed by atoms with E-state index in [1.165, 1.54) is 6.20 Å². The molecule has 0 N–H and O–H groups in total. The van der Waals surface area contributed by atoms with Crippen LogP contribution in [-0.4, -0.2) is 10.9 Å². The minimum absolute atomic E-state index is 0.182. The standard InChI is InChI=1S/C10H8F2N2/c11-10(12)4-8(5-10)9-7(6-13)2-1-3-14-9/h1-3,8H,4-5H2. The van der Waals surface area contributed by atoms with Crippen LogP contribution in [0.5, 0.6) is 0 Å². The fourth-order valence-corrected chi connectivity index (χ4v) is 1.69. The highest BCUT2D eigenvalue weighted by Crippen LogP contribution is 2.48. The van der Waals surface area contributed by atoms with E-state index >= 15 is 0 Å². The molecule has 0 unspecified atom stereocenters. The number of hydrogen-bond acceptors (Lipinski definition) is 2. The third kappa shape index (κ3) is 1.46. The smallest absolute Gasteiger partial charge is 0.249 e. The Morgan fingerprint density at radius 1 is 1.50 bits per heavy atom. The number of nitriles is 1. The van der Waals surface area contributed by atoms with Crippen molar-refractivity contribution in [1.29, 1.82) is 5.26 Å². The first kappa shape index (κ1) is 9.07. The topological polar surface area (TPSA) is 36.7 Å². The van der Waals surface area contributed by atoms with Crippen molar-refractivity contribution in [2.24, 2.45) is 0 Å². The van der Waals surface area contributed by atoms with Gasteiger partial charge in [0.25, 0.3) is 0 Å². The Labute approximate surface area is 80.2 Å². The Morgan fingerprint density at radius 3 is 2.79 bits per heavy atom. The quantitative estimate of drug-likeness (QED) is 0.688. The van der Waals surface area contributed by atoms with Gasteiger partial charge >= 0.3 is 0 Å². The number of pyridine rings is 1. The molecule has 0 aromatic carbocycles. The summed E-state index contributed by atoms with van der Waals surface area (Å²) in [6.45, 7) is 0. The molecular formula is C10H8F2N2. The molecule has 1 aliphatic rings. The lowest BCUT2D eigenvalue weighted by atomic mass is 9.78. The van der Waals surface area contributed by atoms with Gasteiger partial charge in [0, 0.05) is 25.0 Å². The van der Waals surface area contributed by atoms with E-state index in [9.17, 15) is 8.78 Å². The summed E-state index contributed by atoms with van der Waals surface area (Å²) in [4.78, 5) is 3.98. The summed E-state index contributed by atoms with van der Waals surface area (Å²) in [6, 6.07) is 5.21. The van der Waals surface area contributed by atoms with Gasteiger partial charge in [-0.25, -0.2) is 8.78 Å². The molecule has 0 atom stereocenters. The number of hydrogen-bond donors (Lipinski definition) is 0. The highest BCUT2D eigenvalue weighted by Gasteiger charge is 2.47. The molecule has 1 heterocycles. The van der Waals surface area contributed by atoms with Gasteiger partial charge in [-0.05, 0) is 12.1 Å². The molecule has 2 nitrogen and oxygen atoms in total. The molecule has 1 saturated carbocycles. The van der Waals surface area contributed by atoms with Crippen molar-refractivity contribution in [3.63, 3.8) is 0 Å². The Hall–Kier alpha value is -1.50. The molecule has 0 amide bonds. The third-order valence-corrected chi connectivity index (χ3v) is 2.44. The van der Waals surface area contributed by atoms with Crippen LogP contribution in [0.1, 0.15) is 30.0 Å². The van der Waals surface area contributed by atoms with Crippen LogP contribution in [0.3, 0.4) is 0 Å². The second kappa shape index (κ2) is 3.02. The summed E-state index contributed by atoms with van der Waals surface area (Å²) >= 11 is 0. The molecule has 4 heteroatoms. The van der Waals surface area contributed by atoms with Crippen LogP contribution in [0.4, 0.5) is 8.78 Å². The summed E-state index contributed by atoms with van der Waals surface area (Å²) in [5.41, 5.74) is 0.925. The highest BCUT2D eigenvalue weighted by atomic mass is 19.3. The molecule has 0 saturated heterocycles. The first-order valence-corrected chi connectivity index (χ1v) is 4.35. The summed E-state index contributed by atoms with van der Waals surface area (Å²) < 4.78 is 25.2. The van der Waals surface area contributed by atoms with Gasteiger partial charge in [0.2, 0.25) is 5.92 Å². The van der Waals surface area contributed by atoms with Crippen LogP contribution in [0.15, 0.2) is 18.3 Å². The van der Waals surface area contributed by atoms with Crippen LogP contribution >= 0.6 is 0 Å². The fourth-order valence-electron chi connectivity index (χ4n) is 1.69.